The first kappa shape index (κ1) is 19.5. The van der Waals surface area contributed by atoms with Crippen molar-refractivity contribution in [1.82, 2.24) is 9.97 Å². The molecule has 6 heteroatoms. The number of fused-ring (bicyclic) bond motifs is 1. The number of ketones is 1. The van der Waals surface area contributed by atoms with E-state index in [-0.39, 0.29) is 18.2 Å². The summed E-state index contributed by atoms with van der Waals surface area (Å²) in [5.74, 6) is 1.05. The molecule has 4 aromatic rings. The zero-order valence-electron chi connectivity index (χ0n) is 16.6. The van der Waals surface area contributed by atoms with E-state index in [1.54, 1.807) is 18.2 Å². The van der Waals surface area contributed by atoms with Gasteiger partial charge >= 0.3 is 0 Å². The van der Waals surface area contributed by atoms with E-state index in [1.807, 2.05) is 37.3 Å². The van der Waals surface area contributed by atoms with Crippen molar-refractivity contribution < 1.29 is 13.9 Å². The normalized spacial score (nSPS) is 10.8. The highest BCUT2D eigenvalue weighted by Crippen LogP contribution is 2.28. The van der Waals surface area contributed by atoms with Gasteiger partial charge in [0.05, 0.1) is 5.52 Å². The van der Waals surface area contributed by atoms with Gasteiger partial charge in [-0.2, -0.15) is 0 Å². The maximum Gasteiger partial charge on any atom is 0.159 e. The van der Waals surface area contributed by atoms with Gasteiger partial charge in [-0.25, -0.2) is 14.4 Å². The number of rotatable bonds is 6. The Morgan fingerprint density at radius 2 is 1.93 bits per heavy atom. The van der Waals surface area contributed by atoms with Crippen molar-refractivity contribution in [3.63, 3.8) is 0 Å². The fourth-order valence-electron chi connectivity index (χ4n) is 3.19. The third-order valence-electron chi connectivity index (χ3n) is 4.76. The van der Waals surface area contributed by atoms with Gasteiger partial charge in [-0.1, -0.05) is 12.1 Å². The number of halogens is 1. The van der Waals surface area contributed by atoms with Crippen LogP contribution in [0, 0.1) is 12.7 Å². The van der Waals surface area contributed by atoms with Crippen LogP contribution in [-0.4, -0.2) is 15.8 Å². The van der Waals surface area contributed by atoms with Crippen LogP contribution in [0.25, 0.3) is 10.9 Å². The summed E-state index contributed by atoms with van der Waals surface area (Å²) in [6.07, 6.45) is 1.49. The Balaban J connectivity index is 1.55. The van der Waals surface area contributed by atoms with Crippen LogP contribution in [0.2, 0.25) is 0 Å². The molecule has 0 aliphatic rings. The molecule has 5 nitrogen and oxygen atoms in total. The van der Waals surface area contributed by atoms with Crippen molar-refractivity contribution in [2.24, 2.45) is 0 Å². The molecule has 0 aliphatic carbocycles. The molecular weight excluding hydrogens is 381 g/mol. The lowest BCUT2D eigenvalue weighted by Gasteiger charge is -2.13. The molecular formula is C24H20FN3O2. The molecule has 30 heavy (non-hydrogen) atoms. The number of nitrogens with one attached hydrogen (secondary N) is 1. The number of carbonyl (C=O) groups excluding carboxylic acids is 1. The summed E-state index contributed by atoms with van der Waals surface area (Å²) in [6, 6.07) is 17.4. The number of aryl methyl sites for hydroxylation is 1. The minimum absolute atomic E-state index is 0.0117. The van der Waals surface area contributed by atoms with Crippen LogP contribution in [0.5, 0.6) is 5.75 Å². The monoisotopic (exact) mass is 401 g/mol. The van der Waals surface area contributed by atoms with Gasteiger partial charge in [0.2, 0.25) is 0 Å². The first-order chi connectivity index (χ1) is 14.5. The number of anilines is 2. The van der Waals surface area contributed by atoms with E-state index in [9.17, 15) is 9.18 Å². The molecule has 0 saturated heterocycles. The summed E-state index contributed by atoms with van der Waals surface area (Å²) >= 11 is 0. The molecule has 1 aromatic heterocycles. The van der Waals surface area contributed by atoms with Gasteiger partial charge < -0.3 is 10.1 Å². The highest BCUT2D eigenvalue weighted by molar-refractivity contribution is 6.00. The Bertz CT molecular complexity index is 1240. The number of hydrogen-bond acceptors (Lipinski definition) is 5. The SMILES string of the molecule is CC(=O)c1ccc2ncnc(Nc3ccc(OCc4cccc(F)c4)c(C)c3)c2c1. The number of nitrogens with zero attached hydrogens (tertiary/aromatic N) is 2. The second kappa shape index (κ2) is 8.29. The Labute approximate surface area is 173 Å². The van der Waals surface area contributed by atoms with Crippen molar-refractivity contribution in [3.05, 3.63) is 89.5 Å². The molecule has 0 radical (unpaired) electrons. The molecule has 0 unspecified atom stereocenters. The maximum absolute atomic E-state index is 13.3. The van der Waals surface area contributed by atoms with Crippen LogP contribution in [0.4, 0.5) is 15.9 Å². The predicted molar refractivity (Wildman–Crippen MR) is 115 cm³/mol. The molecule has 0 saturated carbocycles. The summed E-state index contributed by atoms with van der Waals surface area (Å²) < 4.78 is 19.2. The second-order valence-corrected chi connectivity index (χ2v) is 7.03. The first-order valence-electron chi connectivity index (χ1n) is 9.50. The topological polar surface area (TPSA) is 64.1 Å². The van der Waals surface area contributed by atoms with E-state index in [0.717, 1.165) is 33.5 Å². The summed E-state index contributed by atoms with van der Waals surface area (Å²) in [4.78, 5) is 20.3. The van der Waals surface area contributed by atoms with Gasteiger partial charge in [0.15, 0.2) is 5.78 Å². The smallest absolute Gasteiger partial charge is 0.159 e. The molecule has 150 valence electrons. The average molecular weight is 401 g/mol. The predicted octanol–water partition coefficient (Wildman–Crippen LogP) is 5.60. The molecule has 3 aromatic carbocycles. The second-order valence-electron chi connectivity index (χ2n) is 7.03. The van der Waals surface area contributed by atoms with Crippen LogP contribution in [-0.2, 0) is 6.61 Å². The highest BCUT2D eigenvalue weighted by Gasteiger charge is 2.09. The molecule has 0 fully saturated rings. The number of hydrogen-bond donors (Lipinski definition) is 1. The Morgan fingerprint density at radius 1 is 1.07 bits per heavy atom. The van der Waals surface area contributed by atoms with Crippen LogP contribution in [0.3, 0.4) is 0 Å². The minimum Gasteiger partial charge on any atom is -0.489 e. The standard InChI is InChI=1S/C24H20FN3O2/c1-15-10-20(7-9-23(15)30-13-17-4-3-5-19(25)11-17)28-24-21-12-18(16(2)29)6-8-22(21)26-14-27-24/h3-12,14H,13H2,1-2H3,(H,26,27,28). The van der Waals surface area contributed by atoms with Gasteiger partial charge in [-0.05, 0) is 73.5 Å². The van der Waals surface area contributed by atoms with Gasteiger partial charge in [-0.15, -0.1) is 0 Å². The highest BCUT2D eigenvalue weighted by atomic mass is 19.1. The number of Topliss-reactive ketones (excluding diaryl/α,β-unsaturated/α-hetero) is 1. The molecule has 0 amide bonds. The largest absolute Gasteiger partial charge is 0.489 e. The quantitative estimate of drug-likeness (QED) is 0.426. The molecule has 0 bridgehead atoms. The van der Waals surface area contributed by atoms with Crippen molar-refractivity contribution in [2.45, 2.75) is 20.5 Å². The maximum atomic E-state index is 13.3. The minimum atomic E-state index is -0.280. The van der Waals surface area contributed by atoms with Crippen molar-refractivity contribution in [3.8, 4) is 5.75 Å². The van der Waals surface area contributed by atoms with E-state index in [2.05, 4.69) is 15.3 Å². The number of ether oxygens (including phenoxy) is 1. The van der Waals surface area contributed by atoms with Crippen LogP contribution in [0.1, 0.15) is 28.4 Å². The van der Waals surface area contributed by atoms with Crippen LogP contribution in [0.15, 0.2) is 67.0 Å². The molecule has 1 heterocycles. The Kier molecular flexibility index (Phi) is 5.39. The van der Waals surface area contributed by atoms with Gasteiger partial charge in [0, 0.05) is 16.6 Å². The summed E-state index contributed by atoms with van der Waals surface area (Å²) in [5.41, 5.74) is 3.89. The van der Waals surface area contributed by atoms with Crippen LogP contribution < -0.4 is 10.1 Å². The van der Waals surface area contributed by atoms with Crippen molar-refractivity contribution in [2.75, 3.05) is 5.32 Å². The summed E-state index contributed by atoms with van der Waals surface area (Å²) in [7, 11) is 0. The van der Waals surface area contributed by atoms with Crippen molar-refractivity contribution >= 4 is 28.2 Å². The Morgan fingerprint density at radius 3 is 2.70 bits per heavy atom. The van der Waals surface area contributed by atoms with E-state index >= 15 is 0 Å². The first-order valence-corrected chi connectivity index (χ1v) is 9.50. The summed E-state index contributed by atoms with van der Waals surface area (Å²) in [5, 5.41) is 4.07. The molecule has 0 spiro atoms. The lowest BCUT2D eigenvalue weighted by atomic mass is 10.1. The molecule has 0 atom stereocenters. The lowest BCUT2D eigenvalue weighted by molar-refractivity contribution is 0.101. The Hall–Kier alpha value is -3.80. The van der Waals surface area contributed by atoms with Gasteiger partial charge in [0.1, 0.15) is 30.3 Å². The summed E-state index contributed by atoms with van der Waals surface area (Å²) in [6.45, 7) is 3.76. The lowest BCUT2D eigenvalue weighted by Crippen LogP contribution is -2.00. The number of carbonyl (C=O) groups is 1. The fourth-order valence-corrected chi connectivity index (χ4v) is 3.19. The third-order valence-corrected chi connectivity index (χ3v) is 4.76. The molecule has 0 aliphatic heterocycles. The third kappa shape index (κ3) is 4.27. The van der Waals surface area contributed by atoms with E-state index in [1.165, 1.54) is 25.4 Å². The van der Waals surface area contributed by atoms with Gasteiger partial charge in [-0.3, -0.25) is 4.79 Å². The average Bonchev–Trinajstić information content (AvgIpc) is 2.73. The zero-order chi connectivity index (χ0) is 21.1. The van der Waals surface area contributed by atoms with Crippen molar-refractivity contribution in [1.29, 1.82) is 0 Å². The van der Waals surface area contributed by atoms with E-state index in [4.69, 9.17) is 4.74 Å². The molecule has 4 rings (SSSR count). The number of benzene rings is 3. The zero-order valence-corrected chi connectivity index (χ0v) is 16.6. The van der Waals surface area contributed by atoms with E-state index < -0.39 is 0 Å². The molecule has 1 N–H and O–H groups in total. The van der Waals surface area contributed by atoms with E-state index in [0.29, 0.717) is 11.4 Å². The van der Waals surface area contributed by atoms with Gasteiger partial charge in [0.25, 0.3) is 0 Å². The number of aromatic nitrogens is 2. The fraction of sp³-hybridized carbons (Fsp3) is 0.125. The van der Waals surface area contributed by atoms with Crippen LogP contribution >= 0.6 is 0 Å².